The quantitative estimate of drug-likeness (QED) is 0.00590. The predicted octanol–water partition coefficient (Wildman–Crippen LogP) is -2.17. The standard InChI is InChI=1S/C15H34N4O2.C15H22O6.C14H20O5.C13H22O2.C12H20O3.2C6H8O5.2Na/c1-2-5-16-6-8-18-12-14-3-4-15(21-14)13-19-9-7-17-10-11-20;1-12(17-2)6-8-19-10-13-4-5-14(21-13)11-20-9-7-15(16)18-3;1-11(15)5-7-17-9-13-3-4-14(19-13)10-18-8-6-12(2)16;1-4-6-10(3)12-8-9-13(15-12)11(14)7-5-2;1-3-5-9(13)11-7-8-12(15-11)10(14)6-4-2;2*7-5(8)3-1-2-4(11-3)6(9)10;;/h14-20H,2-13H2,1H3;6-9,13-14H,1,4-5,10-11H2,2-3H3;5-8,13-14H,3-4,9-10H2,1-2H3;4-5,10-14H,1-2,6-9H2,3H3;3-4,9-14H,1-2,5-8H2;2*3-4H,1-2H2,(H,7,8)(H,9,10);;/q;;;;;;;2*+1/p-2/b;8-6+,9-7+;7-5+,8-6+;;;;;;/t14-,15+;2*13-,14+;10-,11-,12+,13-;9-,10+,11-,12+;2*3-,4+;;/m11.0...../s1. The Labute approximate surface area is 724 Å². The summed E-state index contributed by atoms with van der Waals surface area (Å²) in [6.45, 7) is 34.9. The van der Waals surface area contributed by atoms with Crippen LogP contribution in [-0.2, 0) is 95.1 Å². The summed E-state index contributed by atoms with van der Waals surface area (Å²) >= 11 is 0. The second-order valence-corrected chi connectivity index (χ2v) is 27.5. The zero-order chi connectivity index (χ0) is 84.1. The zero-order valence-electron chi connectivity index (χ0n) is 69.1. The topological polar surface area (TPSA) is 455 Å². The van der Waals surface area contributed by atoms with Crippen molar-refractivity contribution in [2.75, 3.05) is 99.6 Å². The Balaban J connectivity index is 0. The summed E-state index contributed by atoms with van der Waals surface area (Å²) in [5, 5.41) is 88.2. The molecule has 0 unspecified atom stereocenters. The van der Waals surface area contributed by atoms with Gasteiger partial charge in [0.2, 0.25) is 0 Å². The van der Waals surface area contributed by atoms with Gasteiger partial charge in [-0.25, -0.2) is 14.4 Å². The van der Waals surface area contributed by atoms with E-state index in [2.05, 4.69) is 82.2 Å². The fourth-order valence-electron chi connectivity index (χ4n) is 11.8. The van der Waals surface area contributed by atoms with Crippen LogP contribution < -0.4 is 90.6 Å². The van der Waals surface area contributed by atoms with Crippen molar-refractivity contribution in [1.29, 1.82) is 0 Å². The molecule has 0 saturated carbocycles. The Morgan fingerprint density at radius 2 is 0.765 bits per heavy atom. The molecule has 7 saturated heterocycles. The maximum absolute atomic E-state index is 10.8. The first-order chi connectivity index (χ1) is 54.2. The molecule has 0 aliphatic carbocycles. The molecular formula is C81H132N4Na2O28. The second-order valence-electron chi connectivity index (χ2n) is 27.5. The first-order valence-corrected chi connectivity index (χ1v) is 39.0. The Morgan fingerprint density at radius 1 is 0.435 bits per heavy atom. The van der Waals surface area contributed by atoms with E-state index < -0.39 is 66.5 Å². The minimum atomic E-state index is -1.37. The van der Waals surface area contributed by atoms with E-state index in [0.717, 1.165) is 116 Å². The zero-order valence-corrected chi connectivity index (χ0v) is 73.1. The van der Waals surface area contributed by atoms with Gasteiger partial charge in [0.15, 0.2) is 23.8 Å². The van der Waals surface area contributed by atoms with Gasteiger partial charge in [0.05, 0.1) is 155 Å². The number of allylic oxidation sites excluding steroid dienone is 4. The van der Waals surface area contributed by atoms with E-state index in [-0.39, 0.29) is 158 Å². The number of carboxylic acids is 4. The minimum Gasteiger partial charge on any atom is -0.547 e. The number of aliphatic hydroxyl groups excluding tert-OH is 4. The molecule has 0 bridgehead atoms. The molecule has 18 atom stereocenters. The number of nitrogens with one attached hydrogen (secondary N) is 4. The number of hydrogen-bond donors (Lipinski definition) is 10. The monoisotopic (exact) mass is 1650 g/mol. The van der Waals surface area contributed by atoms with E-state index in [4.69, 9.17) is 62.7 Å². The Kier molecular flexibility index (Phi) is 68.6. The van der Waals surface area contributed by atoms with Crippen LogP contribution in [0, 0.1) is 5.92 Å². The summed E-state index contributed by atoms with van der Waals surface area (Å²) in [5.41, 5.74) is 0. The molecule has 115 heavy (non-hydrogen) atoms. The van der Waals surface area contributed by atoms with Crippen LogP contribution in [0.25, 0.3) is 0 Å². The number of carboxylic acid groups (broad SMARTS) is 4. The third-order valence-electron chi connectivity index (χ3n) is 18.0. The van der Waals surface area contributed by atoms with Crippen LogP contribution in [0.3, 0.4) is 0 Å². The summed E-state index contributed by atoms with van der Waals surface area (Å²) < 4.78 is 68.4. The van der Waals surface area contributed by atoms with E-state index in [0.29, 0.717) is 76.1 Å². The Hall–Kier alpha value is -5.25. The van der Waals surface area contributed by atoms with Crippen LogP contribution in [-0.4, -0.2) is 275 Å². The predicted molar refractivity (Wildman–Crippen MR) is 416 cm³/mol. The minimum absolute atomic E-state index is 0. The Morgan fingerprint density at radius 3 is 1.10 bits per heavy atom. The molecule has 32 nitrogen and oxygen atoms in total. The van der Waals surface area contributed by atoms with Crippen LogP contribution >= 0.6 is 0 Å². The fourth-order valence-corrected chi connectivity index (χ4v) is 11.8. The summed E-state index contributed by atoms with van der Waals surface area (Å²) in [5.74, 6) is -4.41. The maximum atomic E-state index is 10.8. The van der Waals surface area contributed by atoms with Crippen LogP contribution in [0.1, 0.15) is 150 Å². The van der Waals surface area contributed by atoms with Crippen LogP contribution in [0.5, 0.6) is 0 Å². The largest absolute Gasteiger partial charge is 1.00 e. The third kappa shape index (κ3) is 55.3. The Bertz CT molecular complexity index is 2560. The number of carbonyl (C=O) groups is 7. The van der Waals surface area contributed by atoms with Gasteiger partial charge < -0.3 is 133 Å². The fraction of sp³-hybridized carbons (Fsp3) is 0.691. The van der Waals surface area contributed by atoms with Crippen molar-refractivity contribution >= 4 is 41.4 Å². The molecule has 0 aromatic rings. The molecule has 0 spiro atoms. The number of methoxy groups -OCH3 is 2. The summed E-state index contributed by atoms with van der Waals surface area (Å²) in [7, 11) is 2.86. The number of ketones is 2. The van der Waals surface area contributed by atoms with Crippen molar-refractivity contribution in [3.63, 3.8) is 0 Å². The molecule has 0 aromatic carbocycles. The van der Waals surface area contributed by atoms with Gasteiger partial charge >= 0.3 is 77.0 Å². The smallest absolute Gasteiger partial charge is 0.547 e. The van der Waals surface area contributed by atoms with Crippen molar-refractivity contribution in [1.82, 2.24) is 21.3 Å². The van der Waals surface area contributed by atoms with Gasteiger partial charge in [-0.05, 0) is 148 Å². The third-order valence-corrected chi connectivity index (χ3v) is 18.0. The van der Waals surface area contributed by atoms with E-state index in [9.17, 15) is 59.1 Å². The number of esters is 1. The number of aliphatic hydroxyl groups is 4. The average molecular weight is 1660 g/mol. The first-order valence-electron chi connectivity index (χ1n) is 39.0. The molecule has 646 valence electrons. The molecule has 7 fully saturated rings. The number of ether oxygens (including phenoxy) is 13. The van der Waals surface area contributed by atoms with E-state index in [1.807, 2.05) is 6.08 Å². The normalized spacial score (nSPS) is 25.3. The van der Waals surface area contributed by atoms with Gasteiger partial charge in [-0.15, -0.1) is 26.3 Å². The summed E-state index contributed by atoms with van der Waals surface area (Å²) in [4.78, 5) is 72.8. The molecule has 7 rings (SSSR count). The van der Waals surface area contributed by atoms with Crippen molar-refractivity contribution in [3.05, 3.63) is 112 Å². The molecular weight excluding hydrogens is 1520 g/mol. The maximum Gasteiger partial charge on any atom is 1.00 e. The van der Waals surface area contributed by atoms with Gasteiger partial charge in [-0.3, -0.25) is 9.59 Å². The molecule has 7 aliphatic rings. The second kappa shape index (κ2) is 70.6. The molecule has 0 amide bonds. The molecule has 10 N–H and O–H groups in total. The van der Waals surface area contributed by atoms with Crippen molar-refractivity contribution < 1.29 is 195 Å². The van der Waals surface area contributed by atoms with Gasteiger partial charge in [0, 0.05) is 64.0 Å². The van der Waals surface area contributed by atoms with Crippen molar-refractivity contribution in [2.45, 2.75) is 253 Å². The molecule has 7 heterocycles. The first kappa shape index (κ1) is 112. The molecule has 0 radical (unpaired) electrons. The van der Waals surface area contributed by atoms with E-state index in [1.54, 1.807) is 31.4 Å². The SMILES string of the molecule is C=C(/C=C/OC[C@H]1CC[C@@H](CO/C=C/C(=O)OC)O1)OC.C=CC[C@@H](O)[C@H]1CC[C@@H]([C@@H](O)CC=C)O1.C=CC[C@H](C)[C@H]1CC[C@@H]([C@@H](O)CC=C)O1.CC(=O)/C=C/OC[C@H]1CC[C@@H](CO/C=C/C(C)=O)O1.CCCNCCNC[C@H]1CC[C@@H](CNCCNCCO)O1.O=C(O)[C@@H]1CC[C@H](C(=O)O)O1.O=C([O-])[C@@H]1CC[C@H](C(=O)[O-])O1.[Na+].[Na+]. The van der Waals surface area contributed by atoms with E-state index in [1.165, 1.54) is 70.7 Å². The number of rotatable bonds is 47. The van der Waals surface area contributed by atoms with Crippen molar-refractivity contribution in [2.24, 2.45) is 5.92 Å². The molecule has 34 heteroatoms. The van der Waals surface area contributed by atoms with Crippen LogP contribution in [0.2, 0.25) is 0 Å². The van der Waals surface area contributed by atoms with Crippen LogP contribution in [0.4, 0.5) is 0 Å². The van der Waals surface area contributed by atoms with Crippen molar-refractivity contribution in [3.8, 4) is 0 Å². The summed E-state index contributed by atoms with van der Waals surface area (Å²) in [6, 6.07) is 0. The van der Waals surface area contributed by atoms with E-state index >= 15 is 0 Å². The molecule has 0 aromatic heterocycles. The van der Waals surface area contributed by atoms with Gasteiger partial charge in [0.1, 0.15) is 32.2 Å². The van der Waals surface area contributed by atoms with Gasteiger partial charge in [-0.2, -0.15) is 0 Å². The average Bonchev–Trinajstić information content (AvgIpc) is 1.76. The number of carbonyl (C=O) groups excluding carboxylic acids is 5. The van der Waals surface area contributed by atoms with Gasteiger partial charge in [-0.1, -0.05) is 44.7 Å². The van der Waals surface area contributed by atoms with Gasteiger partial charge in [0.25, 0.3) is 0 Å². The number of aliphatic carboxylic acids is 4. The number of hydrogen-bond acceptors (Lipinski definition) is 30. The van der Waals surface area contributed by atoms with Crippen LogP contribution in [0.15, 0.2) is 112 Å². The summed E-state index contributed by atoms with van der Waals surface area (Å²) in [6.07, 6.45) is 28.0. The molecule has 7 aliphatic heterocycles.